The van der Waals surface area contributed by atoms with Crippen molar-refractivity contribution in [2.75, 3.05) is 6.61 Å². The quantitative estimate of drug-likeness (QED) is 0.637. The molecule has 1 aromatic carbocycles. The van der Waals surface area contributed by atoms with Crippen LogP contribution < -0.4 is 16.0 Å². The minimum Gasteiger partial charge on any atom is -0.494 e. The van der Waals surface area contributed by atoms with Gasteiger partial charge in [-0.15, -0.1) is 0 Å². The van der Waals surface area contributed by atoms with Crippen LogP contribution in [0.3, 0.4) is 0 Å². The highest BCUT2D eigenvalue weighted by molar-refractivity contribution is 5.29. The van der Waals surface area contributed by atoms with Crippen LogP contribution >= 0.6 is 0 Å². The lowest BCUT2D eigenvalue weighted by molar-refractivity contribution is 0.171. The van der Waals surface area contributed by atoms with Crippen LogP contribution in [0.2, 0.25) is 0 Å². The van der Waals surface area contributed by atoms with Gasteiger partial charge < -0.3 is 4.74 Å². The molecule has 0 spiro atoms. The molecule has 0 aromatic heterocycles. The van der Waals surface area contributed by atoms with Gasteiger partial charge in [-0.1, -0.05) is 32.4 Å². The zero-order valence-corrected chi connectivity index (χ0v) is 12.9. The van der Waals surface area contributed by atoms with Crippen LogP contribution in [0.5, 0.6) is 5.75 Å². The average molecular weight is 276 g/mol. The predicted octanol–water partition coefficient (Wildman–Crippen LogP) is 3.66. The number of nitrogens with one attached hydrogen (secondary N) is 1. The van der Waals surface area contributed by atoms with Crippen LogP contribution in [0.4, 0.5) is 0 Å². The van der Waals surface area contributed by atoms with Gasteiger partial charge in [0.15, 0.2) is 0 Å². The van der Waals surface area contributed by atoms with Crippen molar-refractivity contribution in [2.24, 2.45) is 23.6 Å². The van der Waals surface area contributed by atoms with Crippen molar-refractivity contribution >= 4 is 0 Å². The van der Waals surface area contributed by atoms with Gasteiger partial charge in [0.05, 0.1) is 6.61 Å². The van der Waals surface area contributed by atoms with Crippen molar-refractivity contribution in [3.8, 4) is 5.75 Å². The van der Waals surface area contributed by atoms with Crippen LogP contribution in [0.15, 0.2) is 24.3 Å². The van der Waals surface area contributed by atoms with E-state index in [1.807, 2.05) is 19.1 Å². The fourth-order valence-corrected chi connectivity index (χ4v) is 3.33. The third-order valence-corrected chi connectivity index (χ3v) is 4.84. The molecule has 0 aliphatic heterocycles. The van der Waals surface area contributed by atoms with E-state index in [1.165, 1.54) is 24.8 Å². The summed E-state index contributed by atoms with van der Waals surface area (Å²) in [6.07, 6.45) is 3.82. The summed E-state index contributed by atoms with van der Waals surface area (Å²) in [5.74, 6) is 9.01. The Balaban J connectivity index is 2.07. The number of hydrogen-bond donors (Lipinski definition) is 2. The highest BCUT2D eigenvalue weighted by Gasteiger charge is 2.30. The Morgan fingerprint density at radius 2 is 1.90 bits per heavy atom. The van der Waals surface area contributed by atoms with E-state index in [2.05, 4.69) is 31.4 Å². The summed E-state index contributed by atoms with van der Waals surface area (Å²) in [4.78, 5) is 0. The van der Waals surface area contributed by atoms with E-state index < -0.39 is 0 Å². The van der Waals surface area contributed by atoms with Crippen molar-refractivity contribution in [2.45, 2.75) is 46.1 Å². The van der Waals surface area contributed by atoms with E-state index >= 15 is 0 Å². The molecular formula is C17H28N2O. The minimum atomic E-state index is 0.251. The van der Waals surface area contributed by atoms with Crippen molar-refractivity contribution in [3.05, 3.63) is 29.8 Å². The maximum absolute atomic E-state index is 5.83. The first kappa shape index (κ1) is 15.3. The standard InChI is InChI=1S/C17H28N2O/c1-4-20-16-9-7-14(8-10-16)17(19-18)15-6-5-12(2)13(3)11-15/h7-10,12-13,15,17,19H,4-6,11,18H2,1-3H3. The lowest BCUT2D eigenvalue weighted by Gasteiger charge is -2.36. The highest BCUT2D eigenvalue weighted by Crippen LogP contribution is 2.39. The first-order valence-electron chi connectivity index (χ1n) is 7.84. The molecule has 3 nitrogen and oxygen atoms in total. The van der Waals surface area contributed by atoms with Crippen molar-refractivity contribution in [1.29, 1.82) is 0 Å². The molecule has 0 radical (unpaired) electrons. The van der Waals surface area contributed by atoms with E-state index in [-0.39, 0.29) is 6.04 Å². The van der Waals surface area contributed by atoms with Crippen molar-refractivity contribution in [3.63, 3.8) is 0 Å². The number of hydrazine groups is 1. The maximum Gasteiger partial charge on any atom is 0.119 e. The van der Waals surface area contributed by atoms with E-state index in [9.17, 15) is 0 Å². The summed E-state index contributed by atoms with van der Waals surface area (Å²) in [6, 6.07) is 8.60. The van der Waals surface area contributed by atoms with Gasteiger partial charge in [-0.05, 0) is 55.2 Å². The SMILES string of the molecule is CCOc1ccc(C(NN)C2CCC(C)C(C)C2)cc1. The van der Waals surface area contributed by atoms with E-state index in [1.54, 1.807) is 0 Å². The molecule has 0 saturated heterocycles. The van der Waals surface area contributed by atoms with Gasteiger partial charge in [-0.25, -0.2) is 0 Å². The summed E-state index contributed by atoms with van der Waals surface area (Å²) < 4.78 is 5.50. The summed E-state index contributed by atoms with van der Waals surface area (Å²) in [6.45, 7) is 7.43. The molecule has 4 atom stereocenters. The topological polar surface area (TPSA) is 47.3 Å². The number of benzene rings is 1. The molecule has 0 heterocycles. The minimum absolute atomic E-state index is 0.251. The molecule has 3 heteroatoms. The lowest BCUT2D eigenvalue weighted by Crippen LogP contribution is -2.36. The van der Waals surface area contributed by atoms with Crippen LogP contribution in [0.25, 0.3) is 0 Å². The predicted molar refractivity (Wildman–Crippen MR) is 83.3 cm³/mol. The first-order chi connectivity index (χ1) is 9.65. The molecule has 0 bridgehead atoms. The molecule has 1 saturated carbocycles. The first-order valence-corrected chi connectivity index (χ1v) is 7.84. The van der Waals surface area contributed by atoms with Crippen molar-refractivity contribution in [1.82, 2.24) is 5.43 Å². The molecule has 1 aromatic rings. The van der Waals surface area contributed by atoms with E-state index in [4.69, 9.17) is 10.6 Å². The monoisotopic (exact) mass is 276 g/mol. The summed E-state index contributed by atoms with van der Waals surface area (Å²) in [5.41, 5.74) is 4.30. The number of rotatable bonds is 5. The average Bonchev–Trinajstić information content (AvgIpc) is 2.46. The Hall–Kier alpha value is -1.06. The summed E-state index contributed by atoms with van der Waals surface area (Å²) in [5, 5.41) is 0. The van der Waals surface area contributed by atoms with E-state index in [0.29, 0.717) is 12.5 Å². The molecule has 3 N–H and O–H groups in total. The van der Waals surface area contributed by atoms with E-state index in [0.717, 1.165) is 17.6 Å². The van der Waals surface area contributed by atoms with Crippen LogP contribution in [-0.2, 0) is 0 Å². The smallest absolute Gasteiger partial charge is 0.119 e. The molecule has 4 unspecified atom stereocenters. The number of ether oxygens (including phenoxy) is 1. The molecule has 1 aliphatic carbocycles. The molecular weight excluding hydrogens is 248 g/mol. The molecule has 1 fully saturated rings. The van der Waals surface area contributed by atoms with Crippen molar-refractivity contribution < 1.29 is 4.74 Å². The Kier molecular flexibility index (Phi) is 5.44. The second-order valence-corrected chi connectivity index (χ2v) is 6.17. The van der Waals surface area contributed by atoms with Gasteiger partial charge in [0, 0.05) is 6.04 Å². The molecule has 112 valence electrons. The lowest BCUT2D eigenvalue weighted by atomic mass is 9.72. The molecule has 2 rings (SSSR count). The second-order valence-electron chi connectivity index (χ2n) is 6.17. The Morgan fingerprint density at radius 1 is 1.20 bits per heavy atom. The summed E-state index contributed by atoms with van der Waals surface area (Å²) >= 11 is 0. The maximum atomic E-state index is 5.83. The molecule has 1 aliphatic rings. The van der Waals surface area contributed by atoms with Gasteiger partial charge in [-0.2, -0.15) is 0 Å². The molecule has 0 amide bonds. The third kappa shape index (κ3) is 3.53. The fraction of sp³-hybridized carbons (Fsp3) is 0.647. The Bertz CT molecular complexity index is 404. The Labute approximate surface area is 122 Å². The second kappa shape index (κ2) is 7.09. The van der Waals surface area contributed by atoms with Gasteiger partial charge >= 0.3 is 0 Å². The van der Waals surface area contributed by atoms with Gasteiger partial charge in [0.1, 0.15) is 5.75 Å². The van der Waals surface area contributed by atoms with Crippen LogP contribution in [-0.4, -0.2) is 6.61 Å². The van der Waals surface area contributed by atoms with Gasteiger partial charge in [-0.3, -0.25) is 11.3 Å². The van der Waals surface area contributed by atoms with Gasteiger partial charge in [0.25, 0.3) is 0 Å². The third-order valence-electron chi connectivity index (χ3n) is 4.84. The van der Waals surface area contributed by atoms with Crippen LogP contribution in [0.1, 0.15) is 51.6 Å². The number of hydrogen-bond acceptors (Lipinski definition) is 3. The highest BCUT2D eigenvalue weighted by atomic mass is 16.5. The fourth-order valence-electron chi connectivity index (χ4n) is 3.33. The number of nitrogens with two attached hydrogens (primary N) is 1. The zero-order chi connectivity index (χ0) is 14.5. The zero-order valence-electron chi connectivity index (χ0n) is 12.9. The van der Waals surface area contributed by atoms with Crippen LogP contribution in [0, 0.1) is 17.8 Å². The van der Waals surface area contributed by atoms with Gasteiger partial charge in [0.2, 0.25) is 0 Å². The summed E-state index contributed by atoms with van der Waals surface area (Å²) in [7, 11) is 0. The normalized spacial score (nSPS) is 28.1. The largest absolute Gasteiger partial charge is 0.494 e. The Morgan fingerprint density at radius 3 is 2.45 bits per heavy atom. The molecule has 20 heavy (non-hydrogen) atoms.